The SMILES string of the molecule is COc1ccc(/C=C/C(=O)OCC2CCCC3CCC(C(=O)N(C)C)C32)cc1.Cl. The van der Waals surface area contributed by atoms with Gasteiger partial charge in [-0.15, -0.1) is 12.4 Å². The zero-order valence-electron chi connectivity index (χ0n) is 17.5. The highest BCUT2D eigenvalue weighted by molar-refractivity contribution is 5.87. The van der Waals surface area contributed by atoms with Crippen LogP contribution < -0.4 is 4.74 Å². The fourth-order valence-corrected chi connectivity index (χ4v) is 4.92. The van der Waals surface area contributed by atoms with Gasteiger partial charge in [-0.25, -0.2) is 4.79 Å². The molecule has 4 unspecified atom stereocenters. The normalized spacial score (nSPS) is 25.8. The minimum atomic E-state index is -0.327. The Balaban J connectivity index is 0.00000300. The third-order valence-electron chi connectivity index (χ3n) is 6.28. The molecule has 1 aromatic rings. The quantitative estimate of drug-likeness (QED) is 0.510. The largest absolute Gasteiger partial charge is 0.497 e. The molecule has 0 N–H and O–H groups in total. The number of amides is 1. The highest BCUT2D eigenvalue weighted by atomic mass is 35.5. The van der Waals surface area contributed by atoms with Gasteiger partial charge < -0.3 is 14.4 Å². The van der Waals surface area contributed by atoms with E-state index in [1.807, 2.05) is 38.4 Å². The molecule has 2 aliphatic carbocycles. The first kappa shape index (κ1) is 23.3. The summed E-state index contributed by atoms with van der Waals surface area (Å²) in [6.45, 7) is 0.407. The van der Waals surface area contributed by atoms with Crippen LogP contribution in [0.25, 0.3) is 6.08 Å². The van der Waals surface area contributed by atoms with Gasteiger partial charge in [-0.1, -0.05) is 25.0 Å². The summed E-state index contributed by atoms with van der Waals surface area (Å²) in [5.74, 6) is 2.00. The molecule has 0 bridgehead atoms. The van der Waals surface area contributed by atoms with Gasteiger partial charge in [-0.2, -0.15) is 0 Å². The molecule has 2 fully saturated rings. The van der Waals surface area contributed by atoms with Crippen LogP contribution in [-0.2, 0) is 14.3 Å². The third kappa shape index (κ3) is 5.75. The number of ether oxygens (including phenoxy) is 2. The maximum absolute atomic E-state index is 12.6. The fraction of sp³-hybridized carbons (Fsp3) is 0.565. The van der Waals surface area contributed by atoms with Crippen molar-refractivity contribution in [1.29, 1.82) is 0 Å². The van der Waals surface area contributed by atoms with Gasteiger partial charge in [0.15, 0.2) is 0 Å². The molecule has 1 amide bonds. The Labute approximate surface area is 179 Å². The minimum Gasteiger partial charge on any atom is -0.497 e. The van der Waals surface area contributed by atoms with Crippen LogP contribution in [0, 0.1) is 23.7 Å². The molecular weight excluding hydrogens is 390 g/mol. The monoisotopic (exact) mass is 421 g/mol. The standard InChI is InChI=1S/C23H31NO4.ClH/c1-24(2)23(26)20-13-10-17-5-4-6-18(22(17)20)15-28-21(25)14-9-16-7-11-19(27-3)12-8-16;/h7-9,11-12,14,17-18,20,22H,4-6,10,13,15H2,1-3H3;1H/b14-9+;. The topological polar surface area (TPSA) is 55.8 Å². The van der Waals surface area contributed by atoms with E-state index in [1.54, 1.807) is 18.1 Å². The maximum Gasteiger partial charge on any atom is 0.330 e. The van der Waals surface area contributed by atoms with Crippen molar-refractivity contribution in [2.24, 2.45) is 23.7 Å². The molecule has 160 valence electrons. The molecule has 0 radical (unpaired) electrons. The van der Waals surface area contributed by atoms with E-state index in [-0.39, 0.29) is 36.1 Å². The molecule has 2 saturated carbocycles. The van der Waals surface area contributed by atoms with Crippen molar-refractivity contribution in [2.45, 2.75) is 32.1 Å². The van der Waals surface area contributed by atoms with Crippen molar-refractivity contribution in [3.8, 4) is 5.75 Å². The average molecular weight is 422 g/mol. The van der Waals surface area contributed by atoms with Crippen molar-refractivity contribution < 1.29 is 19.1 Å². The van der Waals surface area contributed by atoms with E-state index in [9.17, 15) is 9.59 Å². The lowest BCUT2D eigenvalue weighted by atomic mass is 9.70. The minimum absolute atomic E-state index is 0. The Morgan fingerprint density at radius 1 is 1.10 bits per heavy atom. The molecule has 5 nitrogen and oxygen atoms in total. The molecular formula is C23H32ClNO4. The Hall–Kier alpha value is -2.01. The van der Waals surface area contributed by atoms with Crippen LogP contribution in [-0.4, -0.2) is 44.6 Å². The Bertz CT molecular complexity index is 716. The highest BCUT2D eigenvalue weighted by Gasteiger charge is 2.46. The Morgan fingerprint density at radius 3 is 2.48 bits per heavy atom. The molecule has 4 atom stereocenters. The van der Waals surface area contributed by atoms with Crippen LogP contribution in [0.2, 0.25) is 0 Å². The summed E-state index contributed by atoms with van der Waals surface area (Å²) in [6.07, 6.45) is 8.70. The number of carbonyl (C=O) groups is 2. The van der Waals surface area contributed by atoms with E-state index in [1.165, 1.54) is 12.5 Å². The average Bonchev–Trinajstić information content (AvgIpc) is 3.15. The number of benzene rings is 1. The van der Waals surface area contributed by atoms with Crippen molar-refractivity contribution in [3.05, 3.63) is 35.9 Å². The van der Waals surface area contributed by atoms with E-state index in [2.05, 4.69) is 0 Å². The van der Waals surface area contributed by atoms with Crippen molar-refractivity contribution >= 4 is 30.4 Å². The lowest BCUT2D eigenvalue weighted by molar-refractivity contribution is -0.141. The van der Waals surface area contributed by atoms with Gasteiger partial charge in [0.2, 0.25) is 5.91 Å². The van der Waals surface area contributed by atoms with Crippen LogP contribution in [0.15, 0.2) is 30.3 Å². The van der Waals surface area contributed by atoms with Gasteiger partial charge in [0.25, 0.3) is 0 Å². The molecule has 0 heterocycles. The number of hydrogen-bond donors (Lipinski definition) is 0. The first-order valence-electron chi connectivity index (χ1n) is 10.2. The van der Waals surface area contributed by atoms with Crippen LogP contribution in [0.1, 0.15) is 37.7 Å². The maximum atomic E-state index is 12.6. The molecule has 6 heteroatoms. The van der Waals surface area contributed by atoms with E-state index in [4.69, 9.17) is 9.47 Å². The fourth-order valence-electron chi connectivity index (χ4n) is 4.92. The lowest BCUT2D eigenvalue weighted by Crippen LogP contribution is -2.39. The summed E-state index contributed by atoms with van der Waals surface area (Å²) in [7, 11) is 5.29. The second kappa shape index (κ2) is 10.7. The van der Waals surface area contributed by atoms with Crippen molar-refractivity contribution in [2.75, 3.05) is 27.8 Å². The van der Waals surface area contributed by atoms with Gasteiger partial charge in [-0.05, 0) is 60.8 Å². The van der Waals surface area contributed by atoms with Gasteiger partial charge in [0, 0.05) is 26.1 Å². The number of hydrogen-bond acceptors (Lipinski definition) is 4. The lowest BCUT2D eigenvalue weighted by Gasteiger charge is -2.37. The first-order valence-corrected chi connectivity index (χ1v) is 10.2. The number of esters is 1. The number of methoxy groups -OCH3 is 1. The third-order valence-corrected chi connectivity index (χ3v) is 6.28. The second-order valence-electron chi connectivity index (χ2n) is 8.18. The summed E-state index contributed by atoms with van der Waals surface area (Å²) in [5, 5.41) is 0. The highest BCUT2D eigenvalue weighted by Crippen LogP contribution is 2.49. The molecule has 0 spiro atoms. The number of halogens is 1. The number of rotatable bonds is 6. The van der Waals surface area contributed by atoms with E-state index in [0.717, 1.165) is 37.0 Å². The van der Waals surface area contributed by atoms with Gasteiger partial charge >= 0.3 is 5.97 Å². The predicted molar refractivity (Wildman–Crippen MR) is 116 cm³/mol. The molecule has 0 saturated heterocycles. The van der Waals surface area contributed by atoms with E-state index >= 15 is 0 Å². The van der Waals surface area contributed by atoms with Gasteiger partial charge in [0.1, 0.15) is 5.75 Å². The molecule has 1 aromatic carbocycles. The smallest absolute Gasteiger partial charge is 0.330 e. The second-order valence-corrected chi connectivity index (χ2v) is 8.18. The van der Waals surface area contributed by atoms with E-state index < -0.39 is 0 Å². The molecule has 3 rings (SSSR count). The van der Waals surface area contributed by atoms with Crippen molar-refractivity contribution in [3.63, 3.8) is 0 Å². The van der Waals surface area contributed by atoms with Crippen LogP contribution >= 0.6 is 12.4 Å². The van der Waals surface area contributed by atoms with Gasteiger partial charge in [-0.3, -0.25) is 4.79 Å². The number of carbonyl (C=O) groups excluding carboxylic acids is 2. The number of fused-ring (bicyclic) bond motifs is 1. The zero-order valence-corrected chi connectivity index (χ0v) is 18.3. The molecule has 2 aliphatic rings. The zero-order chi connectivity index (χ0) is 20.1. The first-order chi connectivity index (χ1) is 13.5. The summed E-state index contributed by atoms with van der Waals surface area (Å²) in [5.41, 5.74) is 0.919. The molecule has 29 heavy (non-hydrogen) atoms. The van der Waals surface area contributed by atoms with Gasteiger partial charge in [0.05, 0.1) is 13.7 Å². The Morgan fingerprint density at radius 2 is 1.83 bits per heavy atom. The van der Waals surface area contributed by atoms with E-state index in [0.29, 0.717) is 18.4 Å². The molecule has 0 aromatic heterocycles. The van der Waals surface area contributed by atoms with Crippen molar-refractivity contribution in [1.82, 2.24) is 4.90 Å². The van der Waals surface area contributed by atoms with Crippen LogP contribution in [0.3, 0.4) is 0 Å². The number of nitrogens with zero attached hydrogens (tertiary/aromatic N) is 1. The van der Waals surface area contributed by atoms with Crippen LogP contribution in [0.5, 0.6) is 5.75 Å². The predicted octanol–water partition coefficient (Wildman–Crippen LogP) is 4.20. The van der Waals surface area contributed by atoms with Crippen LogP contribution in [0.4, 0.5) is 0 Å². The Kier molecular flexibility index (Phi) is 8.57. The summed E-state index contributed by atoms with van der Waals surface area (Å²) < 4.78 is 10.7. The summed E-state index contributed by atoms with van der Waals surface area (Å²) in [4.78, 5) is 26.5. The summed E-state index contributed by atoms with van der Waals surface area (Å²) in [6, 6.07) is 7.50. The molecule has 0 aliphatic heterocycles. The summed E-state index contributed by atoms with van der Waals surface area (Å²) >= 11 is 0.